The molecule has 0 aliphatic rings. The van der Waals surface area contributed by atoms with Gasteiger partial charge in [0.05, 0.1) is 12.2 Å². The number of hydrogen-bond acceptors (Lipinski definition) is 3. The Bertz CT molecular complexity index is 765. The van der Waals surface area contributed by atoms with Crippen LogP contribution >= 0.6 is 15.9 Å². The number of aromatic nitrogens is 1. The number of aryl methyl sites for hydroxylation is 2. The molecule has 0 saturated carbocycles. The van der Waals surface area contributed by atoms with E-state index in [0.29, 0.717) is 22.5 Å². The lowest BCUT2D eigenvalue weighted by atomic mass is 10.1. The van der Waals surface area contributed by atoms with Crippen molar-refractivity contribution >= 4 is 33.5 Å². The van der Waals surface area contributed by atoms with E-state index in [2.05, 4.69) is 26.2 Å². The smallest absolute Gasteiger partial charge is 0.355 e. The number of hydrogen-bond donors (Lipinski definition) is 2. The first kappa shape index (κ1) is 17.3. The summed E-state index contributed by atoms with van der Waals surface area (Å²) >= 11 is 3.40. The van der Waals surface area contributed by atoms with Gasteiger partial charge in [-0.2, -0.15) is 0 Å². The average Bonchev–Trinajstić information content (AvgIpc) is 2.77. The predicted octanol–water partition coefficient (Wildman–Crippen LogP) is 4.13. The lowest BCUT2D eigenvalue weighted by Gasteiger charge is -2.09. The summed E-state index contributed by atoms with van der Waals surface area (Å²) in [7, 11) is 0. The van der Waals surface area contributed by atoms with Crippen molar-refractivity contribution in [2.75, 3.05) is 11.9 Å². The summed E-state index contributed by atoms with van der Waals surface area (Å²) in [5, 5.41) is 2.89. The monoisotopic (exact) mass is 378 g/mol. The number of nitrogens with one attached hydrogen (secondary N) is 2. The van der Waals surface area contributed by atoms with Crippen LogP contribution < -0.4 is 5.32 Å². The zero-order valence-corrected chi connectivity index (χ0v) is 15.1. The summed E-state index contributed by atoms with van der Waals surface area (Å²) in [6.07, 6.45) is 0. The molecule has 0 fully saturated rings. The number of esters is 1. The summed E-state index contributed by atoms with van der Waals surface area (Å²) in [6.45, 7) is 7.45. The van der Waals surface area contributed by atoms with Gasteiger partial charge in [-0.1, -0.05) is 15.9 Å². The second-order valence-electron chi connectivity index (χ2n) is 5.26. The van der Waals surface area contributed by atoms with E-state index in [1.807, 2.05) is 25.1 Å². The molecule has 1 heterocycles. The van der Waals surface area contributed by atoms with Crippen molar-refractivity contribution in [3.63, 3.8) is 0 Å². The molecule has 0 atom stereocenters. The minimum absolute atomic E-state index is 0.253. The first-order valence-electron chi connectivity index (χ1n) is 7.29. The van der Waals surface area contributed by atoms with Crippen LogP contribution in [0.1, 0.15) is 44.6 Å². The molecule has 5 nitrogen and oxygen atoms in total. The fraction of sp³-hybridized carbons (Fsp3) is 0.294. The first-order valence-corrected chi connectivity index (χ1v) is 8.08. The van der Waals surface area contributed by atoms with Gasteiger partial charge in [-0.15, -0.1) is 0 Å². The number of benzene rings is 1. The van der Waals surface area contributed by atoms with Gasteiger partial charge in [0.2, 0.25) is 0 Å². The zero-order valence-electron chi connectivity index (χ0n) is 13.5. The Hall–Kier alpha value is -2.08. The minimum atomic E-state index is -0.452. The van der Waals surface area contributed by atoms with Crippen LogP contribution in [-0.4, -0.2) is 23.5 Å². The van der Waals surface area contributed by atoms with Gasteiger partial charge in [-0.3, -0.25) is 4.79 Å². The number of carbonyl (C=O) groups excluding carboxylic acids is 2. The van der Waals surface area contributed by atoms with E-state index in [-0.39, 0.29) is 12.5 Å². The van der Waals surface area contributed by atoms with Gasteiger partial charge in [0.1, 0.15) is 5.69 Å². The summed E-state index contributed by atoms with van der Waals surface area (Å²) in [6, 6.07) is 5.63. The maximum atomic E-state index is 12.6. The van der Waals surface area contributed by atoms with Crippen LogP contribution in [0.3, 0.4) is 0 Å². The molecular formula is C17H19BrN2O3. The average molecular weight is 379 g/mol. The summed E-state index contributed by atoms with van der Waals surface area (Å²) in [5.74, 6) is -0.704. The maximum absolute atomic E-state index is 12.6. The van der Waals surface area contributed by atoms with Crippen molar-refractivity contribution < 1.29 is 14.3 Å². The standard InChI is InChI=1S/C17H19BrN2O3/c1-5-23-17(22)15-10(3)14(11(4)19-15)16(21)20-13-7-6-12(18)8-9(13)2/h6-8,19H,5H2,1-4H3,(H,20,21). The molecule has 2 rings (SSSR count). The highest BCUT2D eigenvalue weighted by atomic mass is 79.9. The number of aromatic amines is 1. The molecule has 0 aliphatic carbocycles. The molecule has 6 heteroatoms. The van der Waals surface area contributed by atoms with Crippen LogP contribution in [0.5, 0.6) is 0 Å². The van der Waals surface area contributed by atoms with Gasteiger partial charge in [0.25, 0.3) is 5.91 Å². The van der Waals surface area contributed by atoms with E-state index in [9.17, 15) is 9.59 Å². The molecule has 122 valence electrons. The van der Waals surface area contributed by atoms with E-state index in [4.69, 9.17) is 4.74 Å². The van der Waals surface area contributed by atoms with Crippen molar-refractivity contribution in [1.82, 2.24) is 4.98 Å². The Morgan fingerprint density at radius 1 is 1.26 bits per heavy atom. The molecule has 0 unspecified atom stereocenters. The minimum Gasteiger partial charge on any atom is -0.461 e. The van der Waals surface area contributed by atoms with Gasteiger partial charge in [0, 0.05) is 15.9 Å². The molecular weight excluding hydrogens is 360 g/mol. The van der Waals surface area contributed by atoms with E-state index < -0.39 is 5.97 Å². The van der Waals surface area contributed by atoms with Crippen LogP contribution in [0, 0.1) is 20.8 Å². The molecule has 0 bridgehead atoms. The van der Waals surface area contributed by atoms with E-state index in [0.717, 1.165) is 15.7 Å². The van der Waals surface area contributed by atoms with Crippen molar-refractivity contribution in [3.05, 3.63) is 50.8 Å². The zero-order chi connectivity index (χ0) is 17.1. The number of ether oxygens (including phenoxy) is 1. The van der Waals surface area contributed by atoms with Crippen molar-refractivity contribution in [2.45, 2.75) is 27.7 Å². The molecule has 2 aromatic rings. The lowest BCUT2D eigenvalue weighted by molar-refractivity contribution is 0.0519. The fourth-order valence-corrected chi connectivity index (χ4v) is 2.93. The SMILES string of the molecule is CCOC(=O)c1[nH]c(C)c(C(=O)Nc2ccc(Br)cc2C)c1C. The Morgan fingerprint density at radius 2 is 1.96 bits per heavy atom. The number of rotatable bonds is 4. The third-order valence-corrected chi connectivity index (χ3v) is 4.07. The van der Waals surface area contributed by atoms with Crippen LogP contribution in [0.2, 0.25) is 0 Å². The van der Waals surface area contributed by atoms with E-state index >= 15 is 0 Å². The van der Waals surface area contributed by atoms with Crippen LogP contribution in [0.15, 0.2) is 22.7 Å². The molecule has 0 radical (unpaired) electrons. The van der Waals surface area contributed by atoms with Gasteiger partial charge in [0.15, 0.2) is 0 Å². The largest absolute Gasteiger partial charge is 0.461 e. The predicted molar refractivity (Wildman–Crippen MR) is 93.1 cm³/mol. The third-order valence-electron chi connectivity index (χ3n) is 3.58. The van der Waals surface area contributed by atoms with Crippen LogP contribution in [0.25, 0.3) is 0 Å². The first-order chi connectivity index (χ1) is 10.8. The molecule has 23 heavy (non-hydrogen) atoms. The molecule has 0 aliphatic heterocycles. The maximum Gasteiger partial charge on any atom is 0.355 e. The molecule has 1 aromatic carbocycles. The van der Waals surface area contributed by atoms with Crippen LogP contribution in [-0.2, 0) is 4.74 Å². The Kier molecular flexibility index (Phi) is 5.26. The number of amides is 1. The van der Waals surface area contributed by atoms with Crippen molar-refractivity contribution in [1.29, 1.82) is 0 Å². The fourth-order valence-electron chi connectivity index (χ4n) is 2.45. The van der Waals surface area contributed by atoms with Crippen molar-refractivity contribution in [2.24, 2.45) is 0 Å². The second-order valence-corrected chi connectivity index (χ2v) is 6.17. The summed E-state index contributed by atoms with van der Waals surface area (Å²) in [5.41, 5.74) is 3.70. The number of H-pyrrole nitrogens is 1. The Labute approximate surface area is 143 Å². The van der Waals surface area contributed by atoms with Crippen molar-refractivity contribution in [3.8, 4) is 0 Å². The normalized spacial score (nSPS) is 10.5. The highest BCUT2D eigenvalue weighted by molar-refractivity contribution is 9.10. The lowest BCUT2D eigenvalue weighted by Crippen LogP contribution is -2.15. The number of anilines is 1. The van der Waals surface area contributed by atoms with E-state index in [1.165, 1.54) is 0 Å². The molecule has 2 N–H and O–H groups in total. The van der Waals surface area contributed by atoms with Gasteiger partial charge in [-0.05, 0) is 57.0 Å². The second kappa shape index (κ2) is 7.00. The highest BCUT2D eigenvalue weighted by Crippen LogP contribution is 2.23. The summed E-state index contributed by atoms with van der Waals surface area (Å²) in [4.78, 5) is 27.4. The topological polar surface area (TPSA) is 71.2 Å². The molecule has 0 saturated heterocycles. The van der Waals surface area contributed by atoms with Crippen LogP contribution in [0.4, 0.5) is 5.69 Å². The highest BCUT2D eigenvalue weighted by Gasteiger charge is 2.23. The number of halogens is 1. The summed E-state index contributed by atoms with van der Waals surface area (Å²) < 4.78 is 5.95. The molecule has 1 aromatic heterocycles. The van der Waals surface area contributed by atoms with Gasteiger partial charge in [-0.25, -0.2) is 4.79 Å². The Morgan fingerprint density at radius 3 is 2.57 bits per heavy atom. The number of carbonyl (C=O) groups is 2. The molecule has 1 amide bonds. The quantitative estimate of drug-likeness (QED) is 0.785. The Balaban J connectivity index is 2.31. The third kappa shape index (κ3) is 3.64. The van der Waals surface area contributed by atoms with Gasteiger partial charge >= 0.3 is 5.97 Å². The van der Waals surface area contributed by atoms with Gasteiger partial charge < -0.3 is 15.0 Å². The van der Waals surface area contributed by atoms with E-state index in [1.54, 1.807) is 20.8 Å². The molecule has 0 spiro atoms.